The molecule has 2 rings (SSSR count). The predicted octanol–water partition coefficient (Wildman–Crippen LogP) is 2.52. The van der Waals surface area contributed by atoms with Gasteiger partial charge in [-0.25, -0.2) is 9.37 Å². The van der Waals surface area contributed by atoms with Gasteiger partial charge in [-0.3, -0.25) is 4.79 Å². The van der Waals surface area contributed by atoms with Crippen LogP contribution in [0.3, 0.4) is 0 Å². The van der Waals surface area contributed by atoms with Gasteiger partial charge < -0.3 is 11.1 Å². The molecule has 4 nitrogen and oxygen atoms in total. The third-order valence-electron chi connectivity index (χ3n) is 2.84. The van der Waals surface area contributed by atoms with Gasteiger partial charge in [-0.1, -0.05) is 23.9 Å². The lowest BCUT2D eigenvalue weighted by atomic mass is 10.1. The van der Waals surface area contributed by atoms with E-state index in [1.54, 1.807) is 37.4 Å². The van der Waals surface area contributed by atoms with Crippen LogP contribution in [0.1, 0.15) is 11.1 Å². The third-order valence-corrected chi connectivity index (χ3v) is 3.78. The van der Waals surface area contributed by atoms with Crippen molar-refractivity contribution in [2.24, 2.45) is 0 Å². The van der Waals surface area contributed by atoms with E-state index in [1.807, 2.05) is 0 Å². The zero-order chi connectivity index (χ0) is 15.2. The Hall–Kier alpha value is -2.08. The second-order valence-corrected chi connectivity index (χ2v) is 5.57. The van der Waals surface area contributed by atoms with E-state index in [0.717, 1.165) is 10.6 Å². The molecule has 0 bridgehead atoms. The standard InChI is InChI=1S/C15H16FN3OS/c1-10-2-3-11(6-13(10)16)7-18-14(20)9-21-15-5-4-12(17)8-19-15/h2-6,8H,7,9,17H2,1H3,(H,18,20). The van der Waals surface area contributed by atoms with E-state index in [2.05, 4.69) is 10.3 Å². The molecule has 1 amide bonds. The first-order chi connectivity index (χ1) is 10.0. The molecule has 1 aromatic carbocycles. The first-order valence-electron chi connectivity index (χ1n) is 6.40. The average Bonchev–Trinajstić information content (AvgIpc) is 2.48. The number of aryl methyl sites for hydroxylation is 1. The summed E-state index contributed by atoms with van der Waals surface area (Å²) in [6, 6.07) is 8.44. The first-order valence-corrected chi connectivity index (χ1v) is 7.39. The van der Waals surface area contributed by atoms with E-state index in [-0.39, 0.29) is 17.5 Å². The highest BCUT2D eigenvalue weighted by atomic mass is 32.2. The maximum Gasteiger partial charge on any atom is 0.230 e. The van der Waals surface area contributed by atoms with Crippen molar-refractivity contribution >= 4 is 23.4 Å². The van der Waals surface area contributed by atoms with Crippen LogP contribution in [-0.4, -0.2) is 16.6 Å². The number of pyridine rings is 1. The van der Waals surface area contributed by atoms with Gasteiger partial charge in [-0.05, 0) is 36.2 Å². The van der Waals surface area contributed by atoms with Crippen molar-refractivity contribution in [1.29, 1.82) is 0 Å². The van der Waals surface area contributed by atoms with Crippen molar-refractivity contribution in [3.8, 4) is 0 Å². The number of rotatable bonds is 5. The fourth-order valence-electron chi connectivity index (χ4n) is 1.61. The van der Waals surface area contributed by atoms with Crippen LogP contribution in [0.4, 0.5) is 10.1 Å². The van der Waals surface area contributed by atoms with Gasteiger partial charge in [0.05, 0.1) is 22.7 Å². The van der Waals surface area contributed by atoms with E-state index in [9.17, 15) is 9.18 Å². The van der Waals surface area contributed by atoms with Crippen LogP contribution in [0.25, 0.3) is 0 Å². The molecule has 6 heteroatoms. The molecule has 2 aromatic rings. The highest BCUT2D eigenvalue weighted by Gasteiger charge is 2.05. The molecule has 0 spiro atoms. The van der Waals surface area contributed by atoms with Crippen LogP contribution in [0.15, 0.2) is 41.6 Å². The van der Waals surface area contributed by atoms with E-state index in [1.165, 1.54) is 17.8 Å². The Kier molecular flexibility index (Phi) is 5.16. The number of hydrogen-bond acceptors (Lipinski definition) is 4. The SMILES string of the molecule is Cc1ccc(CNC(=O)CSc2ccc(N)cn2)cc1F. The largest absolute Gasteiger partial charge is 0.397 e. The van der Waals surface area contributed by atoms with Crippen molar-refractivity contribution in [3.05, 3.63) is 53.5 Å². The van der Waals surface area contributed by atoms with Crippen molar-refractivity contribution in [2.75, 3.05) is 11.5 Å². The Labute approximate surface area is 127 Å². The second kappa shape index (κ2) is 7.08. The molecule has 1 heterocycles. The van der Waals surface area contributed by atoms with E-state index >= 15 is 0 Å². The van der Waals surface area contributed by atoms with Crippen LogP contribution in [-0.2, 0) is 11.3 Å². The lowest BCUT2D eigenvalue weighted by Gasteiger charge is -2.06. The first kappa shape index (κ1) is 15.3. The fraction of sp³-hybridized carbons (Fsp3) is 0.200. The fourth-order valence-corrected chi connectivity index (χ4v) is 2.29. The second-order valence-electron chi connectivity index (χ2n) is 4.58. The number of amides is 1. The quantitative estimate of drug-likeness (QED) is 0.833. The number of thioether (sulfide) groups is 1. The number of hydrogen-bond donors (Lipinski definition) is 2. The minimum atomic E-state index is -0.262. The molecule has 1 aromatic heterocycles. The Morgan fingerprint density at radius 1 is 1.38 bits per heavy atom. The summed E-state index contributed by atoms with van der Waals surface area (Å²) in [6.07, 6.45) is 1.55. The number of aromatic nitrogens is 1. The molecular formula is C15H16FN3OS. The molecule has 21 heavy (non-hydrogen) atoms. The summed E-state index contributed by atoms with van der Waals surface area (Å²) < 4.78 is 13.4. The van der Waals surface area contributed by atoms with Gasteiger partial charge in [-0.15, -0.1) is 0 Å². The summed E-state index contributed by atoms with van der Waals surface area (Å²) in [5.41, 5.74) is 7.45. The maximum absolute atomic E-state index is 13.4. The number of halogens is 1. The van der Waals surface area contributed by atoms with Crippen molar-refractivity contribution in [3.63, 3.8) is 0 Å². The number of nitrogens with zero attached hydrogens (tertiary/aromatic N) is 1. The van der Waals surface area contributed by atoms with Crippen LogP contribution < -0.4 is 11.1 Å². The highest BCUT2D eigenvalue weighted by molar-refractivity contribution is 7.99. The zero-order valence-electron chi connectivity index (χ0n) is 11.6. The van der Waals surface area contributed by atoms with Gasteiger partial charge in [0, 0.05) is 6.54 Å². The van der Waals surface area contributed by atoms with Gasteiger partial charge in [0.2, 0.25) is 5.91 Å². The Bertz CT molecular complexity index is 631. The molecule has 0 unspecified atom stereocenters. The van der Waals surface area contributed by atoms with Crippen molar-refractivity contribution in [1.82, 2.24) is 10.3 Å². The summed E-state index contributed by atoms with van der Waals surface area (Å²) in [5, 5.41) is 3.49. The van der Waals surface area contributed by atoms with Gasteiger partial charge >= 0.3 is 0 Å². The zero-order valence-corrected chi connectivity index (χ0v) is 12.4. The van der Waals surface area contributed by atoms with Gasteiger partial charge in [-0.2, -0.15) is 0 Å². The predicted molar refractivity (Wildman–Crippen MR) is 82.4 cm³/mol. The normalized spacial score (nSPS) is 10.4. The van der Waals surface area contributed by atoms with E-state index in [0.29, 0.717) is 17.8 Å². The van der Waals surface area contributed by atoms with Crippen molar-refractivity contribution in [2.45, 2.75) is 18.5 Å². The summed E-state index contributed by atoms with van der Waals surface area (Å²) in [6.45, 7) is 2.01. The summed E-state index contributed by atoms with van der Waals surface area (Å²) in [5.74, 6) is -0.132. The maximum atomic E-state index is 13.4. The molecule has 0 atom stereocenters. The molecule has 0 fully saturated rings. The molecule has 110 valence electrons. The molecule has 0 aliphatic rings. The lowest BCUT2D eigenvalue weighted by molar-refractivity contribution is -0.118. The number of nitrogens with two attached hydrogens (primary N) is 1. The van der Waals surface area contributed by atoms with Gasteiger partial charge in [0.15, 0.2) is 0 Å². The van der Waals surface area contributed by atoms with Crippen molar-refractivity contribution < 1.29 is 9.18 Å². The monoisotopic (exact) mass is 305 g/mol. The van der Waals surface area contributed by atoms with Gasteiger partial charge in [0.1, 0.15) is 5.82 Å². The summed E-state index contributed by atoms with van der Waals surface area (Å²) in [7, 11) is 0. The molecule has 3 N–H and O–H groups in total. The number of carbonyl (C=O) groups excluding carboxylic acids is 1. The van der Waals surface area contributed by atoms with Crippen LogP contribution in [0.2, 0.25) is 0 Å². The van der Waals surface area contributed by atoms with E-state index in [4.69, 9.17) is 5.73 Å². The number of benzene rings is 1. The number of carbonyl (C=O) groups is 1. The molecule has 0 radical (unpaired) electrons. The van der Waals surface area contributed by atoms with E-state index < -0.39 is 0 Å². The summed E-state index contributed by atoms with van der Waals surface area (Å²) in [4.78, 5) is 15.8. The van der Waals surface area contributed by atoms with Crippen LogP contribution in [0.5, 0.6) is 0 Å². The summed E-state index contributed by atoms with van der Waals surface area (Å²) >= 11 is 1.33. The Balaban J connectivity index is 1.79. The minimum absolute atomic E-state index is 0.125. The number of anilines is 1. The smallest absolute Gasteiger partial charge is 0.230 e. The average molecular weight is 305 g/mol. The number of nitrogen functional groups attached to an aromatic ring is 1. The van der Waals surface area contributed by atoms with Crippen LogP contribution in [0, 0.1) is 12.7 Å². The highest BCUT2D eigenvalue weighted by Crippen LogP contribution is 2.15. The molecule has 0 saturated carbocycles. The lowest BCUT2D eigenvalue weighted by Crippen LogP contribution is -2.24. The molecule has 0 aliphatic carbocycles. The van der Waals surface area contributed by atoms with Crippen LogP contribution >= 0.6 is 11.8 Å². The van der Waals surface area contributed by atoms with Gasteiger partial charge in [0.25, 0.3) is 0 Å². The topological polar surface area (TPSA) is 68.0 Å². The Morgan fingerprint density at radius 2 is 2.19 bits per heavy atom. The third kappa shape index (κ3) is 4.75. The molecule has 0 saturated heterocycles. The number of nitrogens with one attached hydrogen (secondary N) is 1. The molecular weight excluding hydrogens is 289 g/mol. The molecule has 0 aliphatic heterocycles. The Morgan fingerprint density at radius 3 is 2.86 bits per heavy atom. The minimum Gasteiger partial charge on any atom is -0.397 e.